The molecule has 1 fully saturated rings. The van der Waals surface area contributed by atoms with Gasteiger partial charge in [-0.2, -0.15) is 5.10 Å². The van der Waals surface area contributed by atoms with Crippen LogP contribution in [0.4, 0.5) is 5.82 Å². The number of rotatable bonds is 5. The normalized spacial score (nSPS) is 14.0. The Morgan fingerprint density at radius 3 is 3.00 bits per heavy atom. The zero-order valence-electron chi connectivity index (χ0n) is 14.7. The van der Waals surface area contributed by atoms with Crippen LogP contribution in [0.1, 0.15) is 30.0 Å². The van der Waals surface area contributed by atoms with E-state index in [1.54, 1.807) is 0 Å². The molecule has 3 heterocycles. The number of anilines is 1. The van der Waals surface area contributed by atoms with Crippen molar-refractivity contribution < 1.29 is 0 Å². The molecule has 1 saturated carbocycles. The number of aromatic nitrogens is 4. The zero-order chi connectivity index (χ0) is 17.5. The van der Waals surface area contributed by atoms with Crippen molar-refractivity contribution in [3.8, 4) is 11.1 Å². The van der Waals surface area contributed by atoms with E-state index in [2.05, 4.69) is 62.8 Å². The molecule has 5 nitrogen and oxygen atoms in total. The van der Waals surface area contributed by atoms with Gasteiger partial charge in [-0.15, -0.1) is 0 Å². The Balaban J connectivity index is 1.39. The molecule has 3 aromatic heterocycles. The third-order valence-electron chi connectivity index (χ3n) is 5.07. The van der Waals surface area contributed by atoms with Crippen LogP contribution in [0.3, 0.4) is 0 Å². The van der Waals surface area contributed by atoms with Gasteiger partial charge in [0.25, 0.3) is 0 Å². The average Bonchev–Trinajstić information content (AvgIpc) is 3.28. The third-order valence-corrected chi connectivity index (χ3v) is 5.07. The van der Waals surface area contributed by atoms with E-state index < -0.39 is 0 Å². The fourth-order valence-electron chi connectivity index (χ4n) is 3.49. The number of H-pyrrole nitrogens is 1. The molecule has 0 radical (unpaired) electrons. The van der Waals surface area contributed by atoms with Crippen molar-refractivity contribution >= 4 is 16.9 Å². The molecule has 0 saturated heterocycles. The first-order valence-electron chi connectivity index (χ1n) is 9.07. The van der Waals surface area contributed by atoms with Gasteiger partial charge in [0, 0.05) is 43.4 Å². The van der Waals surface area contributed by atoms with Crippen LogP contribution in [0.15, 0.2) is 54.9 Å². The van der Waals surface area contributed by atoms with Gasteiger partial charge in [-0.05, 0) is 47.7 Å². The molecule has 0 atom stereocenters. The van der Waals surface area contributed by atoms with Crippen LogP contribution >= 0.6 is 0 Å². The number of pyridine rings is 1. The van der Waals surface area contributed by atoms with Crippen LogP contribution in [0.25, 0.3) is 22.2 Å². The van der Waals surface area contributed by atoms with Crippen molar-refractivity contribution in [3.05, 3.63) is 66.1 Å². The lowest BCUT2D eigenvalue weighted by molar-refractivity contribution is 0.745. The van der Waals surface area contributed by atoms with E-state index in [9.17, 15) is 0 Å². The number of nitrogens with one attached hydrogen (secondary N) is 2. The number of nitrogens with zero attached hydrogens (tertiary/aromatic N) is 3. The standard InChI is InChI=1S/C21H21N5/c1-26-20(12-19(25-26)15-5-6-15)24-13-14-3-2-4-16(11-14)17-7-9-22-21-18(17)8-10-23-21/h2-4,7-12,15,24H,5-6,13H2,1H3,(H,22,23). The molecule has 5 heteroatoms. The Hall–Kier alpha value is -3.08. The molecular formula is C21H21N5. The molecular weight excluding hydrogens is 322 g/mol. The Bertz CT molecular complexity index is 1070. The minimum atomic E-state index is 0.676. The summed E-state index contributed by atoms with van der Waals surface area (Å²) in [5, 5.41) is 9.30. The topological polar surface area (TPSA) is 58.5 Å². The molecule has 2 N–H and O–H groups in total. The molecule has 0 unspecified atom stereocenters. The first-order valence-corrected chi connectivity index (χ1v) is 9.07. The maximum atomic E-state index is 4.62. The van der Waals surface area contributed by atoms with Crippen molar-refractivity contribution in [2.45, 2.75) is 25.3 Å². The number of aromatic amines is 1. The lowest BCUT2D eigenvalue weighted by Gasteiger charge is -2.09. The molecule has 26 heavy (non-hydrogen) atoms. The molecule has 1 aliphatic carbocycles. The summed E-state index contributed by atoms with van der Waals surface area (Å²) in [6.07, 6.45) is 6.34. The second-order valence-electron chi connectivity index (χ2n) is 7.00. The lowest BCUT2D eigenvalue weighted by Crippen LogP contribution is -2.04. The smallest absolute Gasteiger partial charge is 0.137 e. The van der Waals surface area contributed by atoms with Crippen LogP contribution in [0, 0.1) is 0 Å². The number of hydrogen-bond donors (Lipinski definition) is 2. The van der Waals surface area contributed by atoms with Gasteiger partial charge >= 0.3 is 0 Å². The lowest BCUT2D eigenvalue weighted by atomic mass is 10.0. The summed E-state index contributed by atoms with van der Waals surface area (Å²) in [6, 6.07) is 15.0. The molecule has 4 aromatic rings. The fraction of sp³-hybridized carbons (Fsp3) is 0.238. The molecule has 1 aromatic carbocycles. The largest absolute Gasteiger partial charge is 0.366 e. The van der Waals surface area contributed by atoms with E-state index in [-0.39, 0.29) is 0 Å². The Morgan fingerprint density at radius 1 is 1.19 bits per heavy atom. The van der Waals surface area contributed by atoms with Gasteiger partial charge in [0.2, 0.25) is 0 Å². The molecule has 0 bridgehead atoms. The summed E-state index contributed by atoms with van der Waals surface area (Å²) in [4.78, 5) is 7.56. The maximum absolute atomic E-state index is 4.62. The molecule has 0 aliphatic heterocycles. The summed E-state index contributed by atoms with van der Waals surface area (Å²) in [5.74, 6) is 1.75. The van der Waals surface area contributed by atoms with E-state index in [4.69, 9.17) is 0 Å². The highest BCUT2D eigenvalue weighted by Crippen LogP contribution is 2.40. The van der Waals surface area contributed by atoms with Crippen LogP contribution in [-0.4, -0.2) is 19.7 Å². The van der Waals surface area contributed by atoms with Crippen molar-refractivity contribution in [1.82, 2.24) is 19.7 Å². The van der Waals surface area contributed by atoms with Gasteiger partial charge in [0.1, 0.15) is 11.5 Å². The SMILES string of the molecule is Cn1nc(C2CC2)cc1NCc1cccc(-c2ccnc3[nH]ccc23)c1. The van der Waals surface area contributed by atoms with Crippen molar-refractivity contribution in [2.24, 2.45) is 7.05 Å². The third kappa shape index (κ3) is 2.75. The number of benzene rings is 1. The quantitative estimate of drug-likeness (QED) is 0.563. The van der Waals surface area contributed by atoms with Gasteiger partial charge in [-0.25, -0.2) is 4.98 Å². The minimum Gasteiger partial charge on any atom is -0.366 e. The Morgan fingerprint density at radius 2 is 2.12 bits per heavy atom. The zero-order valence-corrected chi connectivity index (χ0v) is 14.7. The Kier molecular flexibility index (Phi) is 3.52. The van der Waals surface area contributed by atoms with Gasteiger partial charge in [-0.1, -0.05) is 18.2 Å². The average molecular weight is 343 g/mol. The second-order valence-corrected chi connectivity index (χ2v) is 7.00. The summed E-state index contributed by atoms with van der Waals surface area (Å²) in [5.41, 5.74) is 5.80. The summed E-state index contributed by atoms with van der Waals surface area (Å²) in [7, 11) is 2.00. The van der Waals surface area contributed by atoms with Crippen LogP contribution in [0.5, 0.6) is 0 Å². The fourth-order valence-corrected chi connectivity index (χ4v) is 3.49. The second kappa shape index (κ2) is 6.02. The number of hydrogen-bond acceptors (Lipinski definition) is 3. The van der Waals surface area contributed by atoms with Crippen LogP contribution < -0.4 is 5.32 Å². The van der Waals surface area contributed by atoms with E-state index in [0.29, 0.717) is 5.92 Å². The predicted molar refractivity (Wildman–Crippen MR) is 104 cm³/mol. The molecule has 1 aliphatic rings. The number of aryl methyl sites for hydroxylation is 1. The van der Waals surface area contributed by atoms with E-state index in [1.807, 2.05) is 24.1 Å². The molecule has 0 spiro atoms. The van der Waals surface area contributed by atoms with Gasteiger partial charge in [0.05, 0.1) is 5.69 Å². The molecule has 130 valence electrons. The summed E-state index contributed by atoms with van der Waals surface area (Å²) in [6.45, 7) is 0.777. The van der Waals surface area contributed by atoms with Gasteiger partial charge in [-0.3, -0.25) is 4.68 Å². The van der Waals surface area contributed by atoms with Gasteiger partial charge in [0.15, 0.2) is 0 Å². The molecule has 5 rings (SSSR count). The predicted octanol–water partition coefficient (Wildman–Crippen LogP) is 4.45. The first kappa shape index (κ1) is 15.2. The Labute approximate surface area is 152 Å². The monoisotopic (exact) mass is 343 g/mol. The maximum Gasteiger partial charge on any atom is 0.137 e. The summed E-state index contributed by atoms with van der Waals surface area (Å²) >= 11 is 0. The highest BCUT2D eigenvalue weighted by atomic mass is 15.3. The molecule has 0 amide bonds. The van der Waals surface area contributed by atoms with E-state index in [1.165, 1.54) is 35.2 Å². The van der Waals surface area contributed by atoms with E-state index >= 15 is 0 Å². The van der Waals surface area contributed by atoms with Crippen LogP contribution in [0.2, 0.25) is 0 Å². The minimum absolute atomic E-state index is 0.676. The summed E-state index contributed by atoms with van der Waals surface area (Å²) < 4.78 is 1.95. The first-order chi connectivity index (χ1) is 12.8. The van der Waals surface area contributed by atoms with Gasteiger partial charge < -0.3 is 10.3 Å². The van der Waals surface area contributed by atoms with E-state index in [0.717, 1.165) is 23.4 Å². The van der Waals surface area contributed by atoms with Crippen molar-refractivity contribution in [3.63, 3.8) is 0 Å². The highest BCUT2D eigenvalue weighted by molar-refractivity contribution is 5.92. The number of fused-ring (bicyclic) bond motifs is 1. The van der Waals surface area contributed by atoms with Crippen molar-refractivity contribution in [1.29, 1.82) is 0 Å². The highest BCUT2D eigenvalue weighted by Gasteiger charge is 2.26. The van der Waals surface area contributed by atoms with Crippen LogP contribution in [-0.2, 0) is 13.6 Å². The van der Waals surface area contributed by atoms with Crippen molar-refractivity contribution in [2.75, 3.05) is 5.32 Å².